The van der Waals surface area contributed by atoms with E-state index in [0.29, 0.717) is 6.42 Å². The molecule has 1 aromatic carbocycles. The van der Waals surface area contributed by atoms with Gasteiger partial charge < -0.3 is 5.32 Å². The van der Waals surface area contributed by atoms with E-state index < -0.39 is 0 Å². The molecular formula is C10H12BrNO. The molecule has 0 heterocycles. The van der Waals surface area contributed by atoms with E-state index in [1.165, 1.54) is 0 Å². The van der Waals surface area contributed by atoms with Gasteiger partial charge in [-0.05, 0) is 30.2 Å². The first kappa shape index (κ1) is 10.3. The molecule has 0 saturated heterocycles. The Hall–Kier alpha value is -0.830. The second-order valence-corrected chi connectivity index (χ2v) is 3.84. The zero-order chi connectivity index (χ0) is 9.84. The van der Waals surface area contributed by atoms with Gasteiger partial charge in [0.15, 0.2) is 0 Å². The Balaban J connectivity index is 2.87. The molecule has 0 unspecified atom stereocenters. The van der Waals surface area contributed by atoms with E-state index in [1.54, 1.807) is 7.05 Å². The number of hydrogen-bond acceptors (Lipinski definition) is 1. The molecule has 0 spiro atoms. The summed E-state index contributed by atoms with van der Waals surface area (Å²) in [7, 11) is 1.65. The number of halogens is 1. The van der Waals surface area contributed by atoms with E-state index in [-0.39, 0.29) is 5.91 Å². The molecule has 0 aliphatic carbocycles. The minimum absolute atomic E-state index is 0.0428. The van der Waals surface area contributed by atoms with Gasteiger partial charge in [-0.15, -0.1) is 0 Å². The average Bonchev–Trinajstić information content (AvgIpc) is 2.11. The molecule has 0 aliphatic heterocycles. The van der Waals surface area contributed by atoms with Gasteiger partial charge in [0.1, 0.15) is 0 Å². The Bertz CT molecular complexity index is 323. The van der Waals surface area contributed by atoms with Crippen LogP contribution in [0.1, 0.15) is 11.1 Å². The first-order chi connectivity index (χ1) is 6.13. The number of rotatable bonds is 2. The summed E-state index contributed by atoms with van der Waals surface area (Å²) in [6.45, 7) is 2.00. The van der Waals surface area contributed by atoms with Crippen LogP contribution < -0.4 is 5.32 Å². The maximum absolute atomic E-state index is 11.1. The smallest absolute Gasteiger partial charge is 0.224 e. The van der Waals surface area contributed by atoms with Gasteiger partial charge in [-0.2, -0.15) is 0 Å². The van der Waals surface area contributed by atoms with Crippen LogP contribution in [0.3, 0.4) is 0 Å². The molecule has 1 amide bonds. The molecule has 70 valence electrons. The number of carbonyl (C=O) groups is 1. The first-order valence-electron chi connectivity index (χ1n) is 4.09. The normalized spacial score (nSPS) is 9.77. The molecular weight excluding hydrogens is 230 g/mol. The van der Waals surface area contributed by atoms with Gasteiger partial charge in [-0.1, -0.05) is 22.0 Å². The van der Waals surface area contributed by atoms with Crippen LogP contribution in [0.2, 0.25) is 0 Å². The lowest BCUT2D eigenvalue weighted by atomic mass is 10.1. The van der Waals surface area contributed by atoms with Crippen molar-refractivity contribution in [2.45, 2.75) is 13.3 Å². The zero-order valence-corrected chi connectivity index (χ0v) is 9.31. The summed E-state index contributed by atoms with van der Waals surface area (Å²) in [6, 6.07) is 5.95. The van der Waals surface area contributed by atoms with Crippen molar-refractivity contribution in [3.63, 3.8) is 0 Å². The highest BCUT2D eigenvalue weighted by atomic mass is 79.9. The van der Waals surface area contributed by atoms with Gasteiger partial charge in [0.05, 0.1) is 6.42 Å². The van der Waals surface area contributed by atoms with E-state index in [1.807, 2.05) is 25.1 Å². The summed E-state index contributed by atoms with van der Waals surface area (Å²) in [6.07, 6.45) is 0.446. The van der Waals surface area contributed by atoms with Crippen molar-refractivity contribution in [3.05, 3.63) is 33.8 Å². The SMILES string of the molecule is CNC(=O)Cc1cc(Br)ccc1C. The number of aryl methyl sites for hydroxylation is 1. The third-order valence-electron chi connectivity index (χ3n) is 1.94. The van der Waals surface area contributed by atoms with E-state index >= 15 is 0 Å². The van der Waals surface area contributed by atoms with Crippen molar-refractivity contribution >= 4 is 21.8 Å². The van der Waals surface area contributed by atoms with Crippen molar-refractivity contribution in [1.29, 1.82) is 0 Å². The van der Waals surface area contributed by atoms with Crippen LogP contribution in [0.4, 0.5) is 0 Å². The largest absolute Gasteiger partial charge is 0.359 e. The maximum atomic E-state index is 11.1. The standard InChI is InChI=1S/C10H12BrNO/c1-7-3-4-9(11)5-8(7)6-10(13)12-2/h3-5H,6H2,1-2H3,(H,12,13). The number of benzene rings is 1. The molecule has 0 aromatic heterocycles. The second kappa shape index (κ2) is 4.42. The average molecular weight is 242 g/mol. The van der Waals surface area contributed by atoms with Gasteiger partial charge in [0.2, 0.25) is 5.91 Å². The van der Waals surface area contributed by atoms with Crippen LogP contribution >= 0.6 is 15.9 Å². The Morgan fingerprint density at radius 3 is 2.85 bits per heavy atom. The molecule has 0 fully saturated rings. The first-order valence-corrected chi connectivity index (χ1v) is 4.88. The van der Waals surface area contributed by atoms with Gasteiger partial charge in [0, 0.05) is 11.5 Å². The van der Waals surface area contributed by atoms with Crippen molar-refractivity contribution in [2.75, 3.05) is 7.05 Å². The summed E-state index contributed by atoms with van der Waals surface area (Å²) >= 11 is 3.38. The highest BCUT2D eigenvalue weighted by Gasteiger charge is 2.03. The third kappa shape index (κ3) is 2.84. The van der Waals surface area contributed by atoms with E-state index in [4.69, 9.17) is 0 Å². The summed E-state index contributed by atoms with van der Waals surface area (Å²) in [4.78, 5) is 11.1. The van der Waals surface area contributed by atoms with Gasteiger partial charge in [0.25, 0.3) is 0 Å². The van der Waals surface area contributed by atoms with Crippen LogP contribution in [-0.2, 0) is 11.2 Å². The Labute approximate surface area is 86.5 Å². The number of amides is 1. The van der Waals surface area contributed by atoms with Gasteiger partial charge >= 0.3 is 0 Å². The Morgan fingerprint density at radius 1 is 1.54 bits per heavy atom. The highest BCUT2D eigenvalue weighted by Crippen LogP contribution is 2.16. The molecule has 0 radical (unpaired) electrons. The fourth-order valence-corrected chi connectivity index (χ4v) is 1.50. The van der Waals surface area contributed by atoms with Crippen LogP contribution in [0.25, 0.3) is 0 Å². The molecule has 0 atom stereocenters. The Kier molecular flexibility index (Phi) is 3.48. The lowest BCUT2D eigenvalue weighted by molar-refractivity contribution is -0.119. The molecule has 13 heavy (non-hydrogen) atoms. The molecule has 3 heteroatoms. The van der Waals surface area contributed by atoms with Crippen LogP contribution in [0.5, 0.6) is 0 Å². The Morgan fingerprint density at radius 2 is 2.23 bits per heavy atom. The zero-order valence-electron chi connectivity index (χ0n) is 7.73. The van der Waals surface area contributed by atoms with Crippen molar-refractivity contribution in [1.82, 2.24) is 5.32 Å². The number of carbonyl (C=O) groups excluding carboxylic acids is 1. The van der Waals surface area contributed by atoms with Crippen molar-refractivity contribution < 1.29 is 4.79 Å². The van der Waals surface area contributed by atoms with Crippen molar-refractivity contribution in [2.24, 2.45) is 0 Å². The molecule has 2 nitrogen and oxygen atoms in total. The highest BCUT2D eigenvalue weighted by molar-refractivity contribution is 9.10. The summed E-state index contributed by atoms with van der Waals surface area (Å²) in [5.41, 5.74) is 2.21. The van der Waals surface area contributed by atoms with E-state index in [2.05, 4.69) is 21.2 Å². The molecule has 1 N–H and O–H groups in total. The van der Waals surface area contributed by atoms with Gasteiger partial charge in [-0.3, -0.25) is 4.79 Å². The number of hydrogen-bond donors (Lipinski definition) is 1. The summed E-state index contributed by atoms with van der Waals surface area (Å²) < 4.78 is 1.01. The molecule has 1 rings (SSSR count). The minimum atomic E-state index is 0.0428. The fraction of sp³-hybridized carbons (Fsp3) is 0.300. The van der Waals surface area contributed by atoms with Crippen LogP contribution in [-0.4, -0.2) is 13.0 Å². The molecule has 1 aromatic rings. The second-order valence-electron chi connectivity index (χ2n) is 2.92. The summed E-state index contributed by atoms with van der Waals surface area (Å²) in [5, 5.41) is 2.61. The van der Waals surface area contributed by atoms with Crippen molar-refractivity contribution in [3.8, 4) is 0 Å². The summed E-state index contributed by atoms with van der Waals surface area (Å²) in [5.74, 6) is 0.0428. The van der Waals surface area contributed by atoms with Gasteiger partial charge in [-0.25, -0.2) is 0 Å². The molecule has 0 bridgehead atoms. The van der Waals surface area contributed by atoms with Crippen LogP contribution in [0, 0.1) is 6.92 Å². The predicted molar refractivity (Wildman–Crippen MR) is 56.6 cm³/mol. The lowest BCUT2D eigenvalue weighted by Crippen LogP contribution is -2.20. The predicted octanol–water partition coefficient (Wildman–Crippen LogP) is 2.05. The topological polar surface area (TPSA) is 29.1 Å². The quantitative estimate of drug-likeness (QED) is 0.844. The minimum Gasteiger partial charge on any atom is -0.359 e. The maximum Gasteiger partial charge on any atom is 0.224 e. The number of nitrogens with one attached hydrogen (secondary N) is 1. The fourth-order valence-electron chi connectivity index (χ4n) is 1.09. The monoisotopic (exact) mass is 241 g/mol. The third-order valence-corrected chi connectivity index (χ3v) is 2.43. The molecule has 0 aliphatic rings. The van der Waals surface area contributed by atoms with E-state index in [0.717, 1.165) is 15.6 Å². The lowest BCUT2D eigenvalue weighted by Gasteiger charge is -2.04. The van der Waals surface area contributed by atoms with Crippen LogP contribution in [0.15, 0.2) is 22.7 Å². The molecule has 0 saturated carbocycles. The van der Waals surface area contributed by atoms with E-state index in [9.17, 15) is 4.79 Å². The number of likely N-dealkylation sites (N-methyl/N-ethyl adjacent to an activating group) is 1.